The summed E-state index contributed by atoms with van der Waals surface area (Å²) in [5, 5.41) is 20.4. The molecule has 1 amide bonds. The Morgan fingerprint density at radius 2 is 1.68 bits per heavy atom. The van der Waals surface area contributed by atoms with Crippen molar-refractivity contribution >= 4 is 33.9 Å². The Bertz CT molecular complexity index is 1480. The first-order valence-corrected chi connectivity index (χ1v) is 12.4. The number of anilines is 1. The quantitative estimate of drug-likeness (QED) is 0.193. The Kier molecular flexibility index (Phi) is 6.70. The van der Waals surface area contributed by atoms with Crippen molar-refractivity contribution in [1.82, 2.24) is 10.2 Å². The summed E-state index contributed by atoms with van der Waals surface area (Å²) in [6.07, 6.45) is 0. The van der Waals surface area contributed by atoms with Crippen LogP contribution in [0.2, 0.25) is 0 Å². The number of aliphatic hydroxyl groups is 1. The van der Waals surface area contributed by atoms with Crippen LogP contribution in [-0.4, -0.2) is 33.6 Å². The first-order chi connectivity index (χ1) is 18.0. The third-order valence-corrected chi connectivity index (χ3v) is 6.60. The van der Waals surface area contributed by atoms with E-state index in [4.69, 9.17) is 9.47 Å². The molecule has 1 aromatic heterocycles. The molecule has 4 aromatic rings. The number of benzene rings is 3. The second-order valence-corrected chi connectivity index (χ2v) is 9.38. The largest absolute Gasteiger partial charge is 0.507 e. The smallest absolute Gasteiger partial charge is 0.301 e. The number of hydrogen-bond donors (Lipinski definition) is 1. The van der Waals surface area contributed by atoms with Crippen molar-refractivity contribution in [3.05, 3.63) is 101 Å². The van der Waals surface area contributed by atoms with Gasteiger partial charge in [0.15, 0.2) is 0 Å². The van der Waals surface area contributed by atoms with Gasteiger partial charge in [-0.1, -0.05) is 41.7 Å². The van der Waals surface area contributed by atoms with Crippen molar-refractivity contribution < 1.29 is 24.2 Å². The molecule has 0 radical (unpaired) electrons. The van der Waals surface area contributed by atoms with E-state index in [1.807, 2.05) is 37.3 Å². The maximum Gasteiger partial charge on any atom is 0.301 e. The van der Waals surface area contributed by atoms with Crippen LogP contribution in [0.5, 0.6) is 17.2 Å². The average Bonchev–Trinajstić information content (AvgIpc) is 3.45. The fraction of sp³-hybridized carbons (Fsp3) is 0.143. The van der Waals surface area contributed by atoms with Gasteiger partial charge in [-0.05, 0) is 67.9 Å². The third-order valence-electron chi connectivity index (χ3n) is 5.76. The molecule has 1 atom stereocenters. The number of ketones is 1. The molecule has 1 aliphatic rings. The van der Waals surface area contributed by atoms with Gasteiger partial charge < -0.3 is 14.6 Å². The van der Waals surface area contributed by atoms with Gasteiger partial charge in [-0.15, -0.1) is 10.2 Å². The van der Waals surface area contributed by atoms with Crippen molar-refractivity contribution in [3.8, 4) is 17.2 Å². The highest BCUT2D eigenvalue weighted by Gasteiger charge is 2.48. The average molecular weight is 514 g/mol. The summed E-state index contributed by atoms with van der Waals surface area (Å²) in [4.78, 5) is 27.9. The molecule has 0 aliphatic carbocycles. The van der Waals surface area contributed by atoms with Crippen molar-refractivity contribution in [2.75, 3.05) is 11.5 Å². The number of nitrogens with zero attached hydrogens (tertiary/aromatic N) is 3. The third kappa shape index (κ3) is 4.81. The van der Waals surface area contributed by atoms with Crippen LogP contribution in [0, 0.1) is 6.92 Å². The van der Waals surface area contributed by atoms with Crippen LogP contribution in [0.25, 0.3) is 5.76 Å². The molecule has 0 spiro atoms. The highest BCUT2D eigenvalue weighted by molar-refractivity contribution is 7.15. The lowest BCUT2D eigenvalue weighted by atomic mass is 9.95. The number of carbonyl (C=O) groups excluding carboxylic acids is 2. The number of amides is 1. The van der Waals surface area contributed by atoms with Gasteiger partial charge in [0.05, 0.1) is 18.2 Å². The lowest BCUT2D eigenvalue weighted by molar-refractivity contribution is -0.132. The Hall–Kier alpha value is -4.50. The molecular formula is C28H23N3O5S. The van der Waals surface area contributed by atoms with Crippen LogP contribution in [0.4, 0.5) is 5.13 Å². The Morgan fingerprint density at radius 3 is 2.35 bits per heavy atom. The van der Waals surface area contributed by atoms with E-state index in [0.717, 1.165) is 0 Å². The topological polar surface area (TPSA) is 102 Å². The van der Waals surface area contributed by atoms with Crippen molar-refractivity contribution in [2.45, 2.75) is 19.9 Å². The molecule has 1 aliphatic heterocycles. The predicted molar refractivity (Wildman–Crippen MR) is 140 cm³/mol. The van der Waals surface area contributed by atoms with E-state index < -0.39 is 17.7 Å². The number of aromatic nitrogens is 2. The lowest BCUT2D eigenvalue weighted by Crippen LogP contribution is -2.29. The van der Waals surface area contributed by atoms with E-state index in [9.17, 15) is 14.7 Å². The minimum Gasteiger partial charge on any atom is -0.507 e. The first-order valence-electron chi connectivity index (χ1n) is 11.6. The Balaban J connectivity index is 1.62. The molecular weight excluding hydrogens is 490 g/mol. The van der Waals surface area contributed by atoms with Crippen molar-refractivity contribution in [1.29, 1.82) is 0 Å². The summed E-state index contributed by atoms with van der Waals surface area (Å²) in [6.45, 7) is 4.14. The van der Waals surface area contributed by atoms with Crippen molar-refractivity contribution in [3.63, 3.8) is 0 Å². The molecule has 3 aromatic carbocycles. The van der Waals surface area contributed by atoms with Gasteiger partial charge in [0.2, 0.25) is 5.13 Å². The Labute approximate surface area is 217 Å². The molecule has 1 saturated heterocycles. The summed E-state index contributed by atoms with van der Waals surface area (Å²) in [7, 11) is 0. The number of Topliss-reactive ketones (excluding diaryl/α,β-unsaturated/α-hetero) is 1. The molecule has 5 rings (SSSR count). The molecule has 2 heterocycles. The second kappa shape index (κ2) is 10.2. The summed E-state index contributed by atoms with van der Waals surface area (Å²) < 4.78 is 11.5. The molecule has 186 valence electrons. The zero-order valence-electron chi connectivity index (χ0n) is 20.1. The fourth-order valence-electron chi connectivity index (χ4n) is 4.13. The molecule has 1 unspecified atom stereocenters. The summed E-state index contributed by atoms with van der Waals surface area (Å²) in [5.74, 6) is -0.0936. The highest BCUT2D eigenvalue weighted by Crippen LogP contribution is 2.43. The molecule has 0 bridgehead atoms. The molecule has 37 heavy (non-hydrogen) atoms. The molecule has 0 saturated carbocycles. The zero-order valence-corrected chi connectivity index (χ0v) is 20.9. The van der Waals surface area contributed by atoms with Gasteiger partial charge in [0.1, 0.15) is 28.0 Å². The molecule has 1 fully saturated rings. The number of aryl methyl sites for hydroxylation is 1. The van der Waals surface area contributed by atoms with Crippen LogP contribution in [0.15, 0.2) is 84.4 Å². The zero-order chi connectivity index (χ0) is 25.9. The van der Waals surface area contributed by atoms with Gasteiger partial charge in [0, 0.05) is 5.56 Å². The van der Waals surface area contributed by atoms with E-state index in [1.54, 1.807) is 55.5 Å². The van der Waals surface area contributed by atoms with Crippen LogP contribution in [0.3, 0.4) is 0 Å². The molecule has 8 nitrogen and oxygen atoms in total. The van der Waals surface area contributed by atoms with Crippen LogP contribution < -0.4 is 14.4 Å². The SMILES string of the molecule is CCOc1ccc(/C(O)=C2\C(=O)C(=O)N(c3nnc(C)s3)C2c2cccc(Oc3ccccc3)c2)cc1. The maximum atomic E-state index is 13.3. The number of aliphatic hydroxyl groups excluding tert-OH is 1. The fourth-order valence-corrected chi connectivity index (χ4v) is 4.85. The summed E-state index contributed by atoms with van der Waals surface area (Å²) >= 11 is 1.19. The number of carbonyl (C=O) groups is 2. The van der Waals surface area contributed by atoms with Crippen LogP contribution in [-0.2, 0) is 9.59 Å². The summed E-state index contributed by atoms with van der Waals surface area (Å²) in [5.41, 5.74) is 0.920. The van der Waals surface area contributed by atoms with Gasteiger partial charge in [-0.25, -0.2) is 0 Å². The lowest BCUT2D eigenvalue weighted by Gasteiger charge is -2.23. The first kappa shape index (κ1) is 24.2. The van der Waals surface area contributed by atoms with Gasteiger partial charge >= 0.3 is 5.91 Å². The van der Waals surface area contributed by atoms with Gasteiger partial charge in [-0.3, -0.25) is 14.5 Å². The second-order valence-electron chi connectivity index (χ2n) is 8.22. The number of rotatable bonds is 7. The minimum atomic E-state index is -0.932. The number of hydrogen-bond acceptors (Lipinski definition) is 8. The predicted octanol–water partition coefficient (Wildman–Crippen LogP) is 5.66. The van der Waals surface area contributed by atoms with E-state index >= 15 is 0 Å². The normalized spacial score (nSPS) is 16.7. The van der Waals surface area contributed by atoms with Gasteiger partial charge in [0.25, 0.3) is 5.78 Å². The standard InChI is InChI=1S/C28H23N3O5S/c1-3-35-20-14-12-18(13-15-20)25(32)23-24(31(27(34)26(23)33)28-30-29-17(2)37-28)19-8-7-11-22(16-19)36-21-9-5-4-6-10-21/h4-16,24,32H,3H2,1-2H3/b25-23+. The van der Waals surface area contributed by atoms with Crippen LogP contribution in [0.1, 0.15) is 29.1 Å². The Morgan fingerprint density at radius 1 is 0.946 bits per heavy atom. The molecule has 9 heteroatoms. The van der Waals surface area contributed by atoms with E-state index in [0.29, 0.717) is 40.0 Å². The molecule has 1 N–H and O–H groups in total. The van der Waals surface area contributed by atoms with Gasteiger partial charge in [-0.2, -0.15) is 0 Å². The van der Waals surface area contributed by atoms with Crippen molar-refractivity contribution in [2.24, 2.45) is 0 Å². The maximum absolute atomic E-state index is 13.3. The van der Waals surface area contributed by atoms with Crippen LogP contribution >= 0.6 is 11.3 Å². The minimum absolute atomic E-state index is 0.0427. The monoisotopic (exact) mass is 513 g/mol. The number of ether oxygens (including phenoxy) is 2. The number of para-hydroxylation sites is 1. The van der Waals surface area contributed by atoms with E-state index in [-0.39, 0.29) is 16.5 Å². The summed E-state index contributed by atoms with van der Waals surface area (Å²) in [6, 6.07) is 22.1. The van der Waals surface area contributed by atoms with E-state index in [2.05, 4.69) is 10.2 Å². The highest BCUT2D eigenvalue weighted by atomic mass is 32.1. The van der Waals surface area contributed by atoms with E-state index in [1.165, 1.54) is 16.2 Å².